The summed E-state index contributed by atoms with van der Waals surface area (Å²) in [7, 11) is 0. The summed E-state index contributed by atoms with van der Waals surface area (Å²) in [6.45, 7) is 3.38. The molecule has 0 aliphatic heterocycles. The van der Waals surface area contributed by atoms with Crippen molar-refractivity contribution < 1.29 is 4.84 Å². The van der Waals surface area contributed by atoms with Crippen LogP contribution in [0.4, 0.5) is 0 Å². The van der Waals surface area contributed by atoms with E-state index in [1.54, 1.807) is 4.68 Å². The van der Waals surface area contributed by atoms with Crippen molar-refractivity contribution in [2.45, 2.75) is 32.9 Å². The van der Waals surface area contributed by atoms with E-state index in [9.17, 15) is 0 Å². The molecular weight excluding hydrogens is 156 g/mol. The van der Waals surface area contributed by atoms with E-state index in [4.69, 9.17) is 5.90 Å². The minimum absolute atomic E-state index is 0.326. The van der Waals surface area contributed by atoms with Crippen LogP contribution in [0, 0.1) is 0 Å². The predicted octanol–water partition coefficient (Wildman–Crippen LogP) is 0.469. The molecule has 0 aliphatic carbocycles. The zero-order valence-corrected chi connectivity index (χ0v) is 7.23. The highest BCUT2D eigenvalue weighted by atomic mass is 16.6. The molecule has 0 saturated carbocycles. The van der Waals surface area contributed by atoms with Crippen molar-refractivity contribution in [1.82, 2.24) is 15.0 Å². The zero-order valence-electron chi connectivity index (χ0n) is 7.23. The quantitative estimate of drug-likeness (QED) is 0.652. The Balaban J connectivity index is 2.41. The van der Waals surface area contributed by atoms with E-state index < -0.39 is 0 Å². The van der Waals surface area contributed by atoms with Gasteiger partial charge in [-0.2, -0.15) is 0 Å². The van der Waals surface area contributed by atoms with E-state index in [2.05, 4.69) is 22.1 Å². The molecule has 0 fully saturated rings. The largest absolute Gasteiger partial charge is 0.298 e. The number of hydrogen-bond acceptors (Lipinski definition) is 4. The zero-order chi connectivity index (χ0) is 8.81. The fourth-order valence-electron chi connectivity index (χ4n) is 0.919. The van der Waals surface area contributed by atoms with Crippen LogP contribution in [0.25, 0.3) is 0 Å². The molecule has 12 heavy (non-hydrogen) atoms. The summed E-state index contributed by atoms with van der Waals surface area (Å²) < 4.78 is 1.80. The van der Waals surface area contributed by atoms with Gasteiger partial charge in [-0.1, -0.05) is 18.6 Å². The molecular formula is C7H14N4O. The summed E-state index contributed by atoms with van der Waals surface area (Å²) in [6.07, 6.45) is 4.12. The molecule has 2 N–H and O–H groups in total. The molecule has 68 valence electrons. The summed E-state index contributed by atoms with van der Waals surface area (Å²) in [5.74, 6) is 4.89. The topological polar surface area (TPSA) is 66.0 Å². The minimum Gasteiger partial charge on any atom is -0.298 e. The molecule has 0 radical (unpaired) electrons. The molecule has 5 nitrogen and oxygen atoms in total. The van der Waals surface area contributed by atoms with E-state index in [-0.39, 0.29) is 0 Å². The third-order valence-corrected chi connectivity index (χ3v) is 1.56. The number of rotatable bonds is 5. The van der Waals surface area contributed by atoms with Crippen molar-refractivity contribution in [3.63, 3.8) is 0 Å². The maximum absolute atomic E-state index is 4.89. The van der Waals surface area contributed by atoms with Gasteiger partial charge in [0.1, 0.15) is 12.3 Å². The lowest BCUT2D eigenvalue weighted by Crippen LogP contribution is -1.99. The maximum atomic E-state index is 4.89. The summed E-state index contributed by atoms with van der Waals surface area (Å²) in [4.78, 5) is 4.43. The van der Waals surface area contributed by atoms with Crippen LogP contribution in [-0.2, 0) is 18.0 Å². The van der Waals surface area contributed by atoms with Gasteiger partial charge in [0.15, 0.2) is 0 Å². The molecule has 1 rings (SSSR count). The first-order valence-electron chi connectivity index (χ1n) is 4.07. The lowest BCUT2D eigenvalue weighted by Gasteiger charge is -1.95. The van der Waals surface area contributed by atoms with E-state index in [0.717, 1.165) is 25.1 Å². The van der Waals surface area contributed by atoms with Crippen molar-refractivity contribution in [3.05, 3.63) is 11.9 Å². The van der Waals surface area contributed by atoms with Gasteiger partial charge in [0.05, 0.1) is 6.20 Å². The molecule has 0 aliphatic rings. The summed E-state index contributed by atoms with van der Waals surface area (Å²) >= 11 is 0. The second-order valence-electron chi connectivity index (χ2n) is 2.64. The van der Waals surface area contributed by atoms with Crippen molar-refractivity contribution >= 4 is 0 Å². The van der Waals surface area contributed by atoms with Gasteiger partial charge in [-0.15, -0.1) is 5.10 Å². The van der Waals surface area contributed by atoms with Crippen molar-refractivity contribution in [2.75, 3.05) is 0 Å². The second kappa shape index (κ2) is 4.84. The van der Waals surface area contributed by atoms with Crippen LogP contribution in [0.1, 0.15) is 25.5 Å². The molecule has 0 atom stereocenters. The molecule has 5 heteroatoms. The Hall–Kier alpha value is -0.940. The Morgan fingerprint density at radius 1 is 1.67 bits per heavy atom. The van der Waals surface area contributed by atoms with Crippen LogP contribution >= 0.6 is 0 Å². The average Bonchev–Trinajstić information content (AvgIpc) is 2.50. The SMILES string of the molecule is CCCCn1cc(CON)nn1. The monoisotopic (exact) mass is 170 g/mol. The van der Waals surface area contributed by atoms with Gasteiger partial charge in [-0.3, -0.25) is 9.52 Å². The highest BCUT2D eigenvalue weighted by Gasteiger charge is 1.98. The van der Waals surface area contributed by atoms with Crippen molar-refractivity contribution in [1.29, 1.82) is 0 Å². The Morgan fingerprint density at radius 3 is 3.17 bits per heavy atom. The smallest absolute Gasteiger partial charge is 0.113 e. The van der Waals surface area contributed by atoms with Gasteiger partial charge in [0, 0.05) is 6.54 Å². The van der Waals surface area contributed by atoms with Crippen molar-refractivity contribution in [3.8, 4) is 0 Å². The molecule has 0 unspecified atom stereocenters. The lowest BCUT2D eigenvalue weighted by atomic mass is 10.3. The number of nitrogens with two attached hydrogens (primary N) is 1. The summed E-state index contributed by atoms with van der Waals surface area (Å²) in [5, 5.41) is 7.77. The standard InChI is InChI=1S/C7H14N4O/c1-2-3-4-11-5-7(6-12-8)9-10-11/h5H,2-4,6,8H2,1H3. The molecule has 0 amide bonds. The summed E-state index contributed by atoms with van der Waals surface area (Å²) in [6, 6.07) is 0. The maximum Gasteiger partial charge on any atom is 0.113 e. The minimum atomic E-state index is 0.326. The molecule has 1 aromatic rings. The van der Waals surface area contributed by atoms with Gasteiger partial charge in [0.2, 0.25) is 0 Å². The number of aryl methyl sites for hydroxylation is 1. The first-order chi connectivity index (χ1) is 5.86. The van der Waals surface area contributed by atoms with Crippen molar-refractivity contribution in [2.24, 2.45) is 5.90 Å². The number of aromatic nitrogens is 3. The van der Waals surface area contributed by atoms with Gasteiger partial charge < -0.3 is 0 Å². The first kappa shape index (κ1) is 9.15. The van der Waals surface area contributed by atoms with Crippen LogP contribution < -0.4 is 5.90 Å². The molecule has 0 saturated heterocycles. The van der Waals surface area contributed by atoms with Gasteiger partial charge in [0.25, 0.3) is 0 Å². The van der Waals surface area contributed by atoms with E-state index in [0.29, 0.717) is 6.61 Å². The fraction of sp³-hybridized carbons (Fsp3) is 0.714. The third kappa shape index (κ3) is 2.60. The molecule has 1 aromatic heterocycles. The summed E-state index contributed by atoms with van der Waals surface area (Å²) in [5.41, 5.74) is 0.772. The van der Waals surface area contributed by atoms with Gasteiger partial charge >= 0.3 is 0 Å². The fourth-order valence-corrected chi connectivity index (χ4v) is 0.919. The Kier molecular flexibility index (Phi) is 3.69. The molecule has 0 bridgehead atoms. The van der Waals surface area contributed by atoms with Crippen LogP contribution in [0.5, 0.6) is 0 Å². The number of hydrogen-bond donors (Lipinski definition) is 1. The lowest BCUT2D eigenvalue weighted by molar-refractivity contribution is 0.121. The van der Waals surface area contributed by atoms with Crippen LogP contribution in [0.2, 0.25) is 0 Å². The van der Waals surface area contributed by atoms with Crippen LogP contribution in [0.15, 0.2) is 6.20 Å². The number of unbranched alkanes of at least 4 members (excludes halogenated alkanes) is 1. The normalized spacial score (nSPS) is 10.5. The van der Waals surface area contributed by atoms with Gasteiger partial charge in [-0.25, -0.2) is 5.90 Å². The predicted molar refractivity (Wildman–Crippen MR) is 43.9 cm³/mol. The molecule has 1 heterocycles. The Bertz CT molecular complexity index is 223. The average molecular weight is 170 g/mol. The molecule has 0 spiro atoms. The van der Waals surface area contributed by atoms with Crippen LogP contribution in [0.3, 0.4) is 0 Å². The third-order valence-electron chi connectivity index (χ3n) is 1.56. The van der Waals surface area contributed by atoms with E-state index in [1.807, 2.05) is 6.20 Å². The van der Waals surface area contributed by atoms with E-state index >= 15 is 0 Å². The van der Waals surface area contributed by atoms with Crippen LogP contribution in [-0.4, -0.2) is 15.0 Å². The Morgan fingerprint density at radius 2 is 2.50 bits per heavy atom. The highest BCUT2D eigenvalue weighted by molar-refractivity contribution is 4.89. The Labute approximate surface area is 71.5 Å². The number of nitrogens with zero attached hydrogens (tertiary/aromatic N) is 3. The second-order valence-corrected chi connectivity index (χ2v) is 2.64. The molecule has 0 aromatic carbocycles. The highest BCUT2D eigenvalue weighted by Crippen LogP contribution is 1.96. The van der Waals surface area contributed by atoms with Gasteiger partial charge in [-0.05, 0) is 6.42 Å². The van der Waals surface area contributed by atoms with E-state index in [1.165, 1.54) is 0 Å². The first-order valence-corrected chi connectivity index (χ1v) is 4.07.